The third-order valence-electron chi connectivity index (χ3n) is 5.26. The number of rotatable bonds is 6. The molecule has 1 aliphatic rings. The molecule has 30 heavy (non-hydrogen) atoms. The summed E-state index contributed by atoms with van der Waals surface area (Å²) in [4.78, 5) is 13.1. The number of nitrogens with zero attached hydrogens (tertiary/aromatic N) is 2. The van der Waals surface area contributed by atoms with Gasteiger partial charge in [0.25, 0.3) is 5.91 Å². The fourth-order valence-corrected chi connectivity index (χ4v) is 3.97. The maximum atomic E-state index is 13.1. The van der Waals surface area contributed by atoms with Crippen molar-refractivity contribution in [2.75, 3.05) is 7.11 Å². The zero-order valence-corrected chi connectivity index (χ0v) is 17.2. The van der Waals surface area contributed by atoms with E-state index >= 15 is 0 Å². The summed E-state index contributed by atoms with van der Waals surface area (Å²) in [5, 5.41) is 10.9. The van der Waals surface area contributed by atoms with Gasteiger partial charge in [0.2, 0.25) is 5.76 Å². The number of aromatic nitrogens is 3. The lowest BCUT2D eigenvalue weighted by molar-refractivity contribution is 0.0924. The van der Waals surface area contributed by atoms with Gasteiger partial charge in [-0.1, -0.05) is 30.3 Å². The van der Waals surface area contributed by atoms with Gasteiger partial charge in [-0.25, -0.2) is 0 Å². The van der Waals surface area contributed by atoms with Crippen LogP contribution < -0.4 is 10.1 Å². The fraction of sp³-hybridized carbons (Fsp3) is 0.227. The molecule has 0 spiro atoms. The Morgan fingerprint density at radius 1 is 1.30 bits per heavy atom. The first-order valence-electron chi connectivity index (χ1n) is 9.75. The summed E-state index contributed by atoms with van der Waals surface area (Å²) in [5.41, 5.74) is 2.26. The van der Waals surface area contributed by atoms with Gasteiger partial charge < -0.3 is 14.5 Å². The molecule has 0 radical (unpaired) electrons. The number of benzene rings is 2. The highest BCUT2D eigenvalue weighted by Crippen LogP contribution is 2.37. The van der Waals surface area contributed by atoms with Crippen LogP contribution in [0.15, 0.2) is 52.9 Å². The molecule has 1 fully saturated rings. The molecular formula is C22H20N4O3S. The lowest BCUT2D eigenvalue weighted by atomic mass is 10.0. The van der Waals surface area contributed by atoms with Crippen molar-refractivity contribution in [1.29, 1.82) is 0 Å². The molecular weight excluding hydrogens is 400 g/mol. The summed E-state index contributed by atoms with van der Waals surface area (Å²) < 4.78 is 13.9. The van der Waals surface area contributed by atoms with E-state index in [1.807, 2.05) is 47.0 Å². The Kier molecular flexibility index (Phi) is 4.63. The van der Waals surface area contributed by atoms with Crippen LogP contribution in [0.25, 0.3) is 22.1 Å². The third kappa shape index (κ3) is 3.29. The van der Waals surface area contributed by atoms with Gasteiger partial charge in [-0.2, -0.15) is 5.10 Å². The molecule has 1 amide bonds. The lowest BCUT2D eigenvalue weighted by Crippen LogP contribution is -2.24. The monoisotopic (exact) mass is 420 g/mol. The third-order valence-corrected chi connectivity index (χ3v) is 5.55. The Bertz CT molecular complexity index is 1280. The average Bonchev–Trinajstić information content (AvgIpc) is 3.43. The summed E-state index contributed by atoms with van der Waals surface area (Å²) >= 11 is 5.32. The van der Waals surface area contributed by atoms with Crippen molar-refractivity contribution in [3.8, 4) is 16.9 Å². The quantitative estimate of drug-likeness (QED) is 0.444. The second kappa shape index (κ2) is 7.46. The molecule has 0 atom stereocenters. The molecule has 0 aliphatic heterocycles. The normalized spacial score (nSPS) is 13.5. The number of hydrogen-bond acceptors (Lipinski definition) is 5. The summed E-state index contributed by atoms with van der Waals surface area (Å²) in [7, 11) is 1.60. The van der Waals surface area contributed by atoms with Gasteiger partial charge in [-0.05, 0) is 42.8 Å². The summed E-state index contributed by atoms with van der Waals surface area (Å²) in [6.07, 6.45) is 2.16. The number of amides is 1. The Labute approximate surface area is 177 Å². The minimum atomic E-state index is -0.305. The zero-order valence-electron chi connectivity index (χ0n) is 16.3. The van der Waals surface area contributed by atoms with Gasteiger partial charge >= 0.3 is 0 Å². The minimum Gasteiger partial charge on any atom is -0.497 e. The van der Waals surface area contributed by atoms with Gasteiger partial charge in [-0.15, -0.1) is 0 Å². The van der Waals surface area contributed by atoms with E-state index in [9.17, 15) is 4.79 Å². The molecule has 4 aromatic rings. The van der Waals surface area contributed by atoms with Gasteiger partial charge in [0.05, 0.1) is 13.7 Å². The molecule has 0 saturated heterocycles. The smallest absolute Gasteiger partial charge is 0.288 e. The minimum absolute atomic E-state index is 0.261. The molecule has 1 aliphatic carbocycles. The first kappa shape index (κ1) is 18.6. The van der Waals surface area contributed by atoms with E-state index in [2.05, 4.69) is 15.5 Å². The Hall–Kier alpha value is -3.39. The summed E-state index contributed by atoms with van der Waals surface area (Å²) in [5.74, 6) is 1.34. The maximum Gasteiger partial charge on any atom is 0.288 e. The number of H-pyrrole nitrogens is 1. The predicted octanol–water partition coefficient (Wildman–Crippen LogP) is 4.63. The number of fused-ring (bicyclic) bond motifs is 1. The van der Waals surface area contributed by atoms with Crippen LogP contribution in [-0.2, 0) is 6.54 Å². The summed E-state index contributed by atoms with van der Waals surface area (Å²) in [6, 6.07) is 15.7. The first-order valence-corrected chi connectivity index (χ1v) is 10.2. The van der Waals surface area contributed by atoms with Gasteiger partial charge in [-0.3, -0.25) is 14.5 Å². The van der Waals surface area contributed by atoms with Crippen LogP contribution in [-0.4, -0.2) is 27.8 Å². The standard InChI is InChI=1S/C22H20N4O3S/c1-28-15-9-10-16-17(11-15)29-20(19(16)13-5-3-2-4-6-13)21(27)23-12-18-24-25-22(30)26(18)14-7-8-14/h2-6,9-11,14H,7-8,12H2,1H3,(H,23,27)(H,25,30). The molecule has 0 unspecified atom stereocenters. The average molecular weight is 420 g/mol. The highest BCUT2D eigenvalue weighted by atomic mass is 32.1. The molecule has 0 bridgehead atoms. The molecule has 8 heteroatoms. The number of hydrogen-bond donors (Lipinski definition) is 2. The van der Waals surface area contributed by atoms with Crippen molar-refractivity contribution >= 4 is 29.1 Å². The van der Waals surface area contributed by atoms with E-state index in [0.717, 1.165) is 35.2 Å². The van der Waals surface area contributed by atoms with Crippen molar-refractivity contribution in [2.45, 2.75) is 25.4 Å². The Morgan fingerprint density at radius 3 is 2.83 bits per heavy atom. The molecule has 2 aromatic carbocycles. The zero-order chi connectivity index (χ0) is 20.7. The number of carbonyl (C=O) groups excluding carboxylic acids is 1. The number of nitrogens with one attached hydrogen (secondary N) is 2. The number of aromatic amines is 1. The lowest BCUT2D eigenvalue weighted by Gasteiger charge is -2.07. The Balaban J connectivity index is 1.51. The largest absolute Gasteiger partial charge is 0.497 e. The van der Waals surface area contributed by atoms with E-state index in [0.29, 0.717) is 22.1 Å². The molecule has 2 aromatic heterocycles. The van der Waals surface area contributed by atoms with Crippen LogP contribution >= 0.6 is 12.2 Å². The SMILES string of the molecule is COc1ccc2c(-c3ccccc3)c(C(=O)NCc3n[nH]c(=S)n3C3CC3)oc2c1. The van der Waals surface area contributed by atoms with E-state index in [1.165, 1.54) is 0 Å². The van der Waals surface area contributed by atoms with E-state index in [1.54, 1.807) is 13.2 Å². The van der Waals surface area contributed by atoms with Gasteiger partial charge in [0.15, 0.2) is 10.6 Å². The molecule has 7 nitrogen and oxygen atoms in total. The second-order valence-electron chi connectivity index (χ2n) is 7.26. The van der Waals surface area contributed by atoms with E-state index in [4.69, 9.17) is 21.4 Å². The molecule has 2 heterocycles. The van der Waals surface area contributed by atoms with Crippen LogP contribution in [0.4, 0.5) is 0 Å². The van der Waals surface area contributed by atoms with Crippen molar-refractivity contribution in [2.24, 2.45) is 0 Å². The highest BCUT2D eigenvalue weighted by molar-refractivity contribution is 7.71. The van der Waals surface area contributed by atoms with Gasteiger partial charge in [0, 0.05) is 23.1 Å². The topological polar surface area (TPSA) is 85.1 Å². The van der Waals surface area contributed by atoms with Crippen molar-refractivity contribution in [1.82, 2.24) is 20.1 Å². The first-order chi connectivity index (χ1) is 14.7. The second-order valence-corrected chi connectivity index (χ2v) is 7.65. The number of furan rings is 1. The van der Waals surface area contributed by atoms with Crippen molar-refractivity contribution < 1.29 is 13.9 Å². The van der Waals surface area contributed by atoms with Crippen LogP contribution in [0.3, 0.4) is 0 Å². The number of carbonyl (C=O) groups is 1. The van der Waals surface area contributed by atoms with E-state index < -0.39 is 0 Å². The molecule has 2 N–H and O–H groups in total. The van der Waals surface area contributed by atoms with Gasteiger partial charge in [0.1, 0.15) is 11.3 Å². The molecule has 152 valence electrons. The molecule has 5 rings (SSSR count). The molecule has 1 saturated carbocycles. The fourth-order valence-electron chi connectivity index (χ4n) is 3.67. The highest BCUT2D eigenvalue weighted by Gasteiger charge is 2.28. The van der Waals surface area contributed by atoms with E-state index in [-0.39, 0.29) is 18.2 Å². The maximum absolute atomic E-state index is 13.1. The number of methoxy groups -OCH3 is 1. The number of ether oxygens (including phenoxy) is 1. The van der Waals surface area contributed by atoms with Crippen molar-refractivity contribution in [3.05, 3.63) is 64.9 Å². The van der Waals surface area contributed by atoms with Crippen LogP contribution in [0.5, 0.6) is 5.75 Å². The van der Waals surface area contributed by atoms with Crippen LogP contribution in [0.2, 0.25) is 0 Å². The summed E-state index contributed by atoms with van der Waals surface area (Å²) in [6.45, 7) is 0.261. The van der Waals surface area contributed by atoms with Crippen LogP contribution in [0, 0.1) is 4.77 Å². The predicted molar refractivity (Wildman–Crippen MR) is 115 cm³/mol. The van der Waals surface area contributed by atoms with Crippen LogP contribution in [0.1, 0.15) is 35.3 Å². The van der Waals surface area contributed by atoms with Crippen molar-refractivity contribution in [3.63, 3.8) is 0 Å². The Morgan fingerprint density at radius 2 is 2.10 bits per heavy atom.